The van der Waals surface area contributed by atoms with Gasteiger partial charge in [0.05, 0.1) is 17.3 Å². The number of halogens is 3. The minimum atomic E-state index is -4.33. The second kappa shape index (κ2) is 7.07. The third kappa shape index (κ3) is 4.30. The van der Waals surface area contributed by atoms with E-state index in [1.165, 1.54) is 24.5 Å². The predicted molar refractivity (Wildman–Crippen MR) is 76.8 cm³/mol. The van der Waals surface area contributed by atoms with Crippen LogP contribution in [0.4, 0.5) is 13.2 Å². The molecule has 2 rings (SSSR count). The van der Waals surface area contributed by atoms with E-state index in [-0.39, 0.29) is 6.04 Å². The van der Waals surface area contributed by atoms with E-state index in [2.05, 4.69) is 16.4 Å². The average Bonchev–Trinajstić information content (AvgIpc) is 2.73. The third-order valence-electron chi connectivity index (χ3n) is 3.76. The van der Waals surface area contributed by atoms with Crippen LogP contribution in [0.1, 0.15) is 56.3 Å². The van der Waals surface area contributed by atoms with Gasteiger partial charge in [-0.15, -0.1) is 0 Å². The van der Waals surface area contributed by atoms with Crippen molar-refractivity contribution >= 4 is 0 Å². The molecule has 0 radical (unpaired) electrons. The van der Waals surface area contributed by atoms with Gasteiger partial charge in [-0.1, -0.05) is 25.0 Å². The van der Waals surface area contributed by atoms with Crippen LogP contribution in [0.3, 0.4) is 0 Å². The van der Waals surface area contributed by atoms with Gasteiger partial charge in [0.25, 0.3) is 0 Å². The van der Waals surface area contributed by atoms with Gasteiger partial charge in [-0.2, -0.15) is 13.2 Å². The second-order valence-electron chi connectivity index (χ2n) is 5.34. The number of alkyl halides is 3. The van der Waals surface area contributed by atoms with Crippen LogP contribution in [0.5, 0.6) is 0 Å². The summed E-state index contributed by atoms with van der Waals surface area (Å²) in [6.07, 6.45) is 4.37. The lowest BCUT2D eigenvalue weighted by atomic mass is 9.98. The molecule has 0 spiro atoms. The van der Waals surface area contributed by atoms with E-state index >= 15 is 0 Å². The SMILES string of the molecule is CCNC(C1=CCCCCC1)c1ccc(C(F)(F)F)cn1. The molecule has 1 N–H and O–H groups in total. The van der Waals surface area contributed by atoms with Crippen LogP contribution in [-0.4, -0.2) is 11.5 Å². The molecule has 5 heteroatoms. The minimum absolute atomic E-state index is 0.0737. The predicted octanol–water partition coefficient (Wildman–Crippen LogP) is 4.64. The lowest BCUT2D eigenvalue weighted by Crippen LogP contribution is -2.24. The minimum Gasteiger partial charge on any atom is -0.306 e. The fraction of sp³-hybridized carbons (Fsp3) is 0.562. The Morgan fingerprint density at radius 3 is 2.67 bits per heavy atom. The molecule has 0 saturated carbocycles. The van der Waals surface area contributed by atoms with Crippen molar-refractivity contribution < 1.29 is 13.2 Å². The molecule has 1 atom stereocenters. The molecule has 1 aromatic rings. The highest BCUT2D eigenvalue weighted by Gasteiger charge is 2.31. The van der Waals surface area contributed by atoms with E-state index in [0.29, 0.717) is 5.69 Å². The average molecular weight is 298 g/mol. The Kier molecular flexibility index (Phi) is 5.39. The molecule has 0 amide bonds. The van der Waals surface area contributed by atoms with E-state index in [1.807, 2.05) is 6.92 Å². The summed E-state index contributed by atoms with van der Waals surface area (Å²) in [7, 11) is 0. The van der Waals surface area contributed by atoms with Gasteiger partial charge in [-0.25, -0.2) is 0 Å². The van der Waals surface area contributed by atoms with Crippen molar-refractivity contribution in [1.82, 2.24) is 10.3 Å². The summed E-state index contributed by atoms with van der Waals surface area (Å²) in [4.78, 5) is 4.05. The van der Waals surface area contributed by atoms with Crippen LogP contribution in [0.2, 0.25) is 0 Å². The maximum absolute atomic E-state index is 12.6. The summed E-state index contributed by atoms with van der Waals surface area (Å²) in [5.74, 6) is 0. The van der Waals surface area contributed by atoms with E-state index in [4.69, 9.17) is 0 Å². The Labute approximate surface area is 123 Å². The summed E-state index contributed by atoms with van der Waals surface area (Å²) < 4.78 is 37.8. The Hall–Kier alpha value is -1.36. The standard InChI is InChI=1S/C16H21F3N2/c1-2-20-15(12-7-5-3-4-6-8-12)14-10-9-13(11-21-14)16(17,18)19/h7,9-11,15,20H,2-6,8H2,1H3. The van der Waals surface area contributed by atoms with Gasteiger partial charge in [0.1, 0.15) is 0 Å². The van der Waals surface area contributed by atoms with Crippen LogP contribution in [0, 0.1) is 0 Å². The smallest absolute Gasteiger partial charge is 0.306 e. The quantitative estimate of drug-likeness (QED) is 0.819. The monoisotopic (exact) mass is 298 g/mol. The number of nitrogens with zero attached hydrogens (tertiary/aromatic N) is 1. The molecule has 0 bridgehead atoms. The van der Waals surface area contributed by atoms with Gasteiger partial charge in [0, 0.05) is 6.20 Å². The van der Waals surface area contributed by atoms with E-state index in [0.717, 1.165) is 38.1 Å². The molecular formula is C16H21F3N2. The van der Waals surface area contributed by atoms with Crippen molar-refractivity contribution in [3.63, 3.8) is 0 Å². The van der Waals surface area contributed by atoms with E-state index in [9.17, 15) is 13.2 Å². The first-order chi connectivity index (χ1) is 10.0. The van der Waals surface area contributed by atoms with Crippen molar-refractivity contribution in [2.75, 3.05) is 6.54 Å². The molecule has 0 fully saturated rings. The number of nitrogens with one attached hydrogen (secondary N) is 1. The number of allylic oxidation sites excluding steroid dienone is 1. The molecule has 0 aromatic carbocycles. The summed E-state index contributed by atoms with van der Waals surface area (Å²) in [5, 5.41) is 3.34. The van der Waals surface area contributed by atoms with Crippen LogP contribution >= 0.6 is 0 Å². The van der Waals surface area contributed by atoms with Gasteiger partial charge in [-0.05, 0) is 44.4 Å². The number of aromatic nitrogens is 1. The molecule has 21 heavy (non-hydrogen) atoms. The number of hydrogen-bond donors (Lipinski definition) is 1. The van der Waals surface area contributed by atoms with Crippen molar-refractivity contribution in [3.8, 4) is 0 Å². The molecule has 1 heterocycles. The first-order valence-corrected chi connectivity index (χ1v) is 7.48. The van der Waals surface area contributed by atoms with Crippen molar-refractivity contribution in [2.24, 2.45) is 0 Å². The molecule has 1 aromatic heterocycles. The highest BCUT2D eigenvalue weighted by Crippen LogP contribution is 2.31. The van der Waals surface area contributed by atoms with Gasteiger partial charge >= 0.3 is 6.18 Å². The van der Waals surface area contributed by atoms with Crippen molar-refractivity contribution in [1.29, 1.82) is 0 Å². The Balaban J connectivity index is 2.23. The summed E-state index contributed by atoms with van der Waals surface area (Å²) >= 11 is 0. The molecule has 0 saturated heterocycles. The number of hydrogen-bond acceptors (Lipinski definition) is 2. The van der Waals surface area contributed by atoms with Crippen molar-refractivity contribution in [3.05, 3.63) is 41.2 Å². The molecular weight excluding hydrogens is 277 g/mol. The van der Waals surface area contributed by atoms with Gasteiger partial charge in [-0.3, -0.25) is 4.98 Å². The first kappa shape index (κ1) is 16.0. The lowest BCUT2D eigenvalue weighted by Gasteiger charge is -2.21. The Morgan fingerprint density at radius 2 is 2.05 bits per heavy atom. The van der Waals surface area contributed by atoms with Crippen LogP contribution in [0.15, 0.2) is 30.0 Å². The number of rotatable bonds is 4. The number of likely N-dealkylation sites (N-methyl/N-ethyl adjacent to an activating group) is 1. The maximum atomic E-state index is 12.6. The van der Waals surface area contributed by atoms with Crippen LogP contribution in [0.25, 0.3) is 0 Å². The first-order valence-electron chi connectivity index (χ1n) is 7.48. The van der Waals surface area contributed by atoms with E-state index < -0.39 is 11.7 Å². The summed E-state index contributed by atoms with van der Waals surface area (Å²) in [6.45, 7) is 2.75. The molecule has 1 unspecified atom stereocenters. The second-order valence-corrected chi connectivity index (χ2v) is 5.34. The molecule has 116 valence electrons. The Bertz CT molecular complexity index is 477. The fourth-order valence-electron chi connectivity index (χ4n) is 2.68. The fourth-order valence-corrected chi connectivity index (χ4v) is 2.68. The van der Waals surface area contributed by atoms with Crippen LogP contribution in [-0.2, 0) is 6.18 Å². The zero-order chi connectivity index (χ0) is 15.3. The molecule has 2 nitrogen and oxygen atoms in total. The summed E-state index contributed by atoms with van der Waals surface area (Å²) in [5.41, 5.74) is 1.22. The molecule has 1 aliphatic rings. The summed E-state index contributed by atoms with van der Waals surface area (Å²) in [6, 6.07) is 2.53. The highest BCUT2D eigenvalue weighted by molar-refractivity contribution is 5.26. The van der Waals surface area contributed by atoms with Crippen molar-refractivity contribution in [2.45, 2.75) is 51.2 Å². The van der Waals surface area contributed by atoms with E-state index in [1.54, 1.807) is 0 Å². The Morgan fingerprint density at radius 1 is 1.24 bits per heavy atom. The third-order valence-corrected chi connectivity index (χ3v) is 3.76. The molecule has 0 aliphatic heterocycles. The molecule has 1 aliphatic carbocycles. The normalized spacial score (nSPS) is 18.0. The van der Waals surface area contributed by atoms with Gasteiger partial charge in [0.2, 0.25) is 0 Å². The van der Waals surface area contributed by atoms with Crippen LogP contribution < -0.4 is 5.32 Å². The lowest BCUT2D eigenvalue weighted by molar-refractivity contribution is -0.137. The number of pyridine rings is 1. The largest absolute Gasteiger partial charge is 0.417 e. The topological polar surface area (TPSA) is 24.9 Å². The zero-order valence-corrected chi connectivity index (χ0v) is 12.2. The van der Waals surface area contributed by atoms with Gasteiger partial charge in [0.15, 0.2) is 0 Å². The maximum Gasteiger partial charge on any atom is 0.417 e. The highest BCUT2D eigenvalue weighted by atomic mass is 19.4. The zero-order valence-electron chi connectivity index (χ0n) is 12.2. The van der Waals surface area contributed by atoms with Gasteiger partial charge < -0.3 is 5.32 Å².